The molecule has 4 aromatic rings. The van der Waals surface area contributed by atoms with E-state index in [1.807, 2.05) is 62.4 Å². The zero-order valence-electron chi connectivity index (χ0n) is 19.2. The predicted octanol–water partition coefficient (Wildman–Crippen LogP) is 5.05. The summed E-state index contributed by atoms with van der Waals surface area (Å²) in [4.78, 5) is 32.7. The van der Waals surface area contributed by atoms with Gasteiger partial charge in [0, 0.05) is 34.9 Å². The van der Waals surface area contributed by atoms with Crippen LogP contribution in [0.2, 0.25) is 0 Å². The van der Waals surface area contributed by atoms with Gasteiger partial charge in [0.2, 0.25) is 0 Å². The predicted molar refractivity (Wildman–Crippen MR) is 133 cm³/mol. The number of aryl methyl sites for hydroxylation is 2. The molecule has 0 radical (unpaired) electrons. The van der Waals surface area contributed by atoms with Gasteiger partial charge in [-0.1, -0.05) is 49.2 Å². The summed E-state index contributed by atoms with van der Waals surface area (Å²) < 4.78 is 0. The second-order valence-electron chi connectivity index (χ2n) is 8.43. The number of rotatable bonds is 9. The number of benzene rings is 2. The molecule has 0 fully saturated rings. The van der Waals surface area contributed by atoms with Crippen LogP contribution in [-0.4, -0.2) is 34.9 Å². The smallest absolute Gasteiger partial charge is 0.269 e. The highest BCUT2D eigenvalue weighted by Crippen LogP contribution is 2.27. The number of aromatic amines is 1. The summed E-state index contributed by atoms with van der Waals surface area (Å²) in [7, 11) is 0. The maximum absolute atomic E-state index is 12.6. The first kappa shape index (κ1) is 22.5. The van der Waals surface area contributed by atoms with Gasteiger partial charge in [0.25, 0.3) is 11.8 Å². The van der Waals surface area contributed by atoms with Gasteiger partial charge in [0.05, 0.1) is 11.2 Å². The highest BCUT2D eigenvalue weighted by Gasteiger charge is 2.13. The van der Waals surface area contributed by atoms with Gasteiger partial charge in [-0.05, 0) is 50.5 Å². The number of carbonyl (C=O) groups is 2. The van der Waals surface area contributed by atoms with Crippen molar-refractivity contribution in [2.75, 3.05) is 13.1 Å². The fourth-order valence-electron chi connectivity index (χ4n) is 4.14. The van der Waals surface area contributed by atoms with Crippen LogP contribution in [0.5, 0.6) is 0 Å². The lowest BCUT2D eigenvalue weighted by Gasteiger charge is -2.08. The van der Waals surface area contributed by atoms with Gasteiger partial charge in [-0.25, -0.2) is 4.98 Å². The first-order chi connectivity index (χ1) is 16.0. The van der Waals surface area contributed by atoms with Crippen molar-refractivity contribution < 1.29 is 9.59 Å². The molecule has 2 aromatic heterocycles. The Kier molecular flexibility index (Phi) is 7.03. The van der Waals surface area contributed by atoms with Crippen molar-refractivity contribution in [2.45, 2.75) is 39.5 Å². The Morgan fingerprint density at radius 1 is 0.818 bits per heavy atom. The van der Waals surface area contributed by atoms with Crippen molar-refractivity contribution >= 4 is 33.6 Å². The molecule has 0 spiro atoms. The average Bonchev–Trinajstić information content (AvgIpc) is 3.20. The SMILES string of the molecule is Cc1ccccc1C(=O)NCCCCCCNC(=O)c1cc2c([nH]c3ccccc32)c(C)n1. The monoisotopic (exact) mass is 442 g/mol. The lowest BCUT2D eigenvalue weighted by Crippen LogP contribution is -2.26. The van der Waals surface area contributed by atoms with Gasteiger partial charge >= 0.3 is 0 Å². The standard InChI is InChI=1S/C27H30N4O2/c1-18-11-5-6-12-20(18)26(32)28-15-9-3-4-10-16-29-27(33)24-17-22-21-13-7-8-14-23(21)31-25(22)19(2)30-24/h5-8,11-14,17,31H,3-4,9-10,15-16H2,1-2H3,(H,28,32)(H,29,33). The molecule has 0 atom stereocenters. The summed E-state index contributed by atoms with van der Waals surface area (Å²) >= 11 is 0. The highest BCUT2D eigenvalue weighted by molar-refractivity contribution is 6.10. The van der Waals surface area contributed by atoms with Crippen LogP contribution in [0.3, 0.4) is 0 Å². The third-order valence-corrected chi connectivity index (χ3v) is 5.97. The van der Waals surface area contributed by atoms with Crippen molar-refractivity contribution in [3.8, 4) is 0 Å². The molecule has 0 unspecified atom stereocenters. The van der Waals surface area contributed by atoms with E-state index in [-0.39, 0.29) is 11.8 Å². The van der Waals surface area contributed by atoms with E-state index in [1.165, 1.54) is 0 Å². The second kappa shape index (κ2) is 10.3. The Balaban J connectivity index is 1.19. The van der Waals surface area contributed by atoms with Crippen LogP contribution in [0.1, 0.15) is 57.8 Å². The number of nitrogens with zero attached hydrogens (tertiary/aromatic N) is 1. The first-order valence-corrected chi connectivity index (χ1v) is 11.5. The van der Waals surface area contributed by atoms with E-state index in [2.05, 4.69) is 26.7 Å². The molecule has 2 heterocycles. The van der Waals surface area contributed by atoms with E-state index >= 15 is 0 Å². The summed E-state index contributed by atoms with van der Waals surface area (Å²) in [5, 5.41) is 8.09. The quantitative estimate of drug-likeness (QED) is 0.317. The summed E-state index contributed by atoms with van der Waals surface area (Å²) in [6.45, 7) is 5.14. The van der Waals surface area contributed by atoms with E-state index in [1.54, 1.807) is 0 Å². The lowest BCUT2D eigenvalue weighted by atomic mass is 10.1. The van der Waals surface area contributed by atoms with Gasteiger partial charge in [-0.3, -0.25) is 9.59 Å². The topological polar surface area (TPSA) is 86.9 Å². The van der Waals surface area contributed by atoms with Gasteiger partial charge in [-0.15, -0.1) is 0 Å². The van der Waals surface area contributed by atoms with Crippen molar-refractivity contribution in [3.63, 3.8) is 0 Å². The van der Waals surface area contributed by atoms with E-state index in [0.29, 0.717) is 18.8 Å². The molecule has 4 rings (SSSR count). The molecule has 0 aliphatic carbocycles. The van der Waals surface area contributed by atoms with Gasteiger partial charge in [-0.2, -0.15) is 0 Å². The number of fused-ring (bicyclic) bond motifs is 3. The fourth-order valence-corrected chi connectivity index (χ4v) is 4.14. The molecule has 6 heteroatoms. The van der Waals surface area contributed by atoms with Crippen molar-refractivity contribution in [3.05, 3.63) is 77.1 Å². The fraction of sp³-hybridized carbons (Fsp3) is 0.296. The minimum atomic E-state index is -0.143. The number of hydrogen-bond donors (Lipinski definition) is 3. The van der Waals surface area contributed by atoms with Crippen LogP contribution in [0.4, 0.5) is 0 Å². The molecule has 0 saturated carbocycles. The van der Waals surface area contributed by atoms with E-state index in [9.17, 15) is 9.59 Å². The molecule has 0 saturated heterocycles. The molecule has 0 aliphatic rings. The molecular formula is C27H30N4O2. The van der Waals surface area contributed by atoms with E-state index in [4.69, 9.17) is 0 Å². The Morgan fingerprint density at radius 3 is 2.24 bits per heavy atom. The van der Waals surface area contributed by atoms with Gasteiger partial charge in [0.1, 0.15) is 5.69 Å². The summed E-state index contributed by atoms with van der Waals surface area (Å²) in [6, 6.07) is 17.5. The maximum atomic E-state index is 12.6. The molecule has 3 N–H and O–H groups in total. The average molecular weight is 443 g/mol. The third kappa shape index (κ3) is 5.22. The first-order valence-electron chi connectivity index (χ1n) is 11.5. The number of H-pyrrole nitrogens is 1. The van der Waals surface area contributed by atoms with E-state index in [0.717, 1.165) is 64.3 Å². The number of amides is 2. The maximum Gasteiger partial charge on any atom is 0.269 e. The number of nitrogens with one attached hydrogen (secondary N) is 3. The van der Waals surface area contributed by atoms with Crippen LogP contribution in [0, 0.1) is 13.8 Å². The molecule has 33 heavy (non-hydrogen) atoms. The zero-order valence-corrected chi connectivity index (χ0v) is 19.2. The van der Waals surface area contributed by atoms with Crippen molar-refractivity contribution in [2.24, 2.45) is 0 Å². The molecule has 6 nitrogen and oxygen atoms in total. The van der Waals surface area contributed by atoms with Gasteiger partial charge < -0.3 is 15.6 Å². The van der Waals surface area contributed by atoms with Crippen molar-refractivity contribution in [1.82, 2.24) is 20.6 Å². The molecule has 170 valence electrons. The minimum Gasteiger partial charge on any atom is -0.353 e. The highest BCUT2D eigenvalue weighted by atomic mass is 16.2. The second-order valence-corrected chi connectivity index (χ2v) is 8.43. The Bertz CT molecular complexity index is 1290. The van der Waals surface area contributed by atoms with Crippen molar-refractivity contribution in [1.29, 1.82) is 0 Å². The molecule has 0 aliphatic heterocycles. The number of unbranched alkanes of at least 4 members (excludes halogenated alkanes) is 3. The summed E-state index contributed by atoms with van der Waals surface area (Å²) in [5.74, 6) is -0.161. The molecule has 0 bridgehead atoms. The zero-order chi connectivity index (χ0) is 23.2. The van der Waals surface area contributed by atoms with Crippen LogP contribution >= 0.6 is 0 Å². The van der Waals surface area contributed by atoms with Crippen LogP contribution in [-0.2, 0) is 0 Å². The normalized spacial score (nSPS) is 11.1. The lowest BCUT2D eigenvalue weighted by molar-refractivity contribution is 0.0940. The van der Waals surface area contributed by atoms with Crippen LogP contribution in [0.25, 0.3) is 21.8 Å². The summed E-state index contributed by atoms with van der Waals surface area (Å²) in [5.41, 5.74) is 5.01. The van der Waals surface area contributed by atoms with Crippen LogP contribution < -0.4 is 10.6 Å². The Morgan fingerprint density at radius 2 is 1.48 bits per heavy atom. The number of pyridine rings is 1. The number of carbonyl (C=O) groups excluding carboxylic acids is 2. The van der Waals surface area contributed by atoms with E-state index < -0.39 is 0 Å². The Labute approximate surface area is 193 Å². The van der Waals surface area contributed by atoms with Gasteiger partial charge in [0.15, 0.2) is 0 Å². The number of hydrogen-bond acceptors (Lipinski definition) is 3. The third-order valence-electron chi connectivity index (χ3n) is 5.97. The Hall–Kier alpha value is -3.67. The minimum absolute atomic E-state index is 0.0182. The van der Waals surface area contributed by atoms with Crippen LogP contribution in [0.15, 0.2) is 54.6 Å². The summed E-state index contributed by atoms with van der Waals surface area (Å²) in [6.07, 6.45) is 3.81. The molecule has 2 aromatic carbocycles. The molecular weight excluding hydrogens is 412 g/mol. The number of para-hydroxylation sites is 1. The molecule has 2 amide bonds. The number of aromatic nitrogens is 2. The largest absolute Gasteiger partial charge is 0.353 e.